The lowest BCUT2D eigenvalue weighted by molar-refractivity contribution is 0.206. The Bertz CT molecular complexity index is 196. The van der Waals surface area contributed by atoms with Crippen molar-refractivity contribution >= 4 is 6.03 Å². The quantitative estimate of drug-likeness (QED) is 0.624. The van der Waals surface area contributed by atoms with Crippen LogP contribution in [0.25, 0.3) is 0 Å². The van der Waals surface area contributed by atoms with Crippen molar-refractivity contribution in [1.82, 2.24) is 15.5 Å². The van der Waals surface area contributed by atoms with Gasteiger partial charge in [-0.05, 0) is 32.9 Å². The molecular formula is C11H23N3O. The van der Waals surface area contributed by atoms with Gasteiger partial charge in [0.25, 0.3) is 0 Å². The summed E-state index contributed by atoms with van der Waals surface area (Å²) in [6, 6.07) is 0.448. The summed E-state index contributed by atoms with van der Waals surface area (Å²) in [5, 5.41) is 6.23. The number of unbranched alkanes of at least 4 members (excludes halogenated alkanes) is 1. The van der Waals surface area contributed by atoms with Crippen LogP contribution in [0.15, 0.2) is 0 Å². The molecule has 2 N–H and O–H groups in total. The van der Waals surface area contributed by atoms with Crippen molar-refractivity contribution in [1.29, 1.82) is 0 Å². The summed E-state index contributed by atoms with van der Waals surface area (Å²) in [5.41, 5.74) is 0. The van der Waals surface area contributed by atoms with E-state index in [-0.39, 0.29) is 6.03 Å². The van der Waals surface area contributed by atoms with Gasteiger partial charge in [0.2, 0.25) is 0 Å². The summed E-state index contributed by atoms with van der Waals surface area (Å²) >= 11 is 0. The monoisotopic (exact) mass is 213 g/mol. The molecule has 1 fully saturated rings. The molecule has 1 saturated heterocycles. The molecule has 0 aromatic carbocycles. The number of carbonyl (C=O) groups is 1. The normalized spacial score (nSPS) is 20.8. The van der Waals surface area contributed by atoms with Crippen LogP contribution in [0.2, 0.25) is 0 Å². The first-order valence-corrected chi connectivity index (χ1v) is 6.01. The van der Waals surface area contributed by atoms with Crippen molar-refractivity contribution in [2.24, 2.45) is 0 Å². The molecule has 1 aliphatic heterocycles. The van der Waals surface area contributed by atoms with E-state index in [0.717, 1.165) is 32.6 Å². The van der Waals surface area contributed by atoms with Crippen LogP contribution < -0.4 is 10.6 Å². The maximum absolute atomic E-state index is 11.3. The lowest BCUT2D eigenvalue weighted by atomic mass is 10.3. The van der Waals surface area contributed by atoms with E-state index in [1.54, 1.807) is 0 Å². The summed E-state index contributed by atoms with van der Waals surface area (Å²) in [4.78, 5) is 13.3. The first kappa shape index (κ1) is 12.3. The molecule has 1 unspecified atom stereocenters. The van der Waals surface area contributed by atoms with E-state index in [4.69, 9.17) is 0 Å². The first-order chi connectivity index (χ1) is 7.25. The average Bonchev–Trinajstić information content (AvgIpc) is 2.54. The van der Waals surface area contributed by atoms with Crippen LogP contribution in [0.5, 0.6) is 0 Å². The minimum atomic E-state index is 0.0936. The van der Waals surface area contributed by atoms with Gasteiger partial charge >= 0.3 is 6.03 Å². The molecule has 1 rings (SSSR count). The maximum atomic E-state index is 11.3. The van der Waals surface area contributed by atoms with Gasteiger partial charge in [0.1, 0.15) is 0 Å². The minimum absolute atomic E-state index is 0.0936. The van der Waals surface area contributed by atoms with Crippen molar-refractivity contribution in [3.63, 3.8) is 0 Å². The van der Waals surface area contributed by atoms with Gasteiger partial charge in [-0.25, -0.2) is 4.79 Å². The van der Waals surface area contributed by atoms with E-state index < -0.39 is 0 Å². The lowest BCUT2D eigenvalue weighted by Gasteiger charge is -2.19. The SMILES string of the molecule is CCCCNCCCN1C(=O)NCC1C. The topological polar surface area (TPSA) is 44.4 Å². The third-order valence-corrected chi connectivity index (χ3v) is 2.80. The standard InChI is InChI=1S/C11H23N3O/c1-3-4-6-12-7-5-8-14-10(2)9-13-11(14)15/h10,12H,3-9H2,1-2H3,(H,13,15). The third-order valence-electron chi connectivity index (χ3n) is 2.80. The number of rotatable bonds is 7. The van der Waals surface area contributed by atoms with Crippen LogP contribution in [0, 0.1) is 0 Å². The molecule has 0 aliphatic carbocycles. The van der Waals surface area contributed by atoms with E-state index in [1.165, 1.54) is 12.8 Å². The Kier molecular flexibility index (Phi) is 5.47. The Morgan fingerprint density at radius 1 is 1.47 bits per heavy atom. The van der Waals surface area contributed by atoms with Gasteiger partial charge in [-0.15, -0.1) is 0 Å². The second kappa shape index (κ2) is 6.67. The third kappa shape index (κ3) is 4.08. The van der Waals surface area contributed by atoms with Crippen LogP contribution in [0.3, 0.4) is 0 Å². The number of urea groups is 1. The highest BCUT2D eigenvalue weighted by Gasteiger charge is 2.25. The van der Waals surface area contributed by atoms with Crippen LogP contribution in [0.4, 0.5) is 4.79 Å². The Morgan fingerprint density at radius 3 is 2.80 bits per heavy atom. The molecule has 0 saturated carbocycles. The van der Waals surface area contributed by atoms with Crippen molar-refractivity contribution < 1.29 is 4.79 Å². The first-order valence-electron chi connectivity index (χ1n) is 6.01. The fourth-order valence-corrected chi connectivity index (χ4v) is 1.77. The Balaban J connectivity index is 2.02. The summed E-state index contributed by atoms with van der Waals surface area (Å²) in [5.74, 6) is 0. The van der Waals surface area contributed by atoms with E-state index in [2.05, 4.69) is 24.5 Å². The summed E-state index contributed by atoms with van der Waals surface area (Å²) in [6.45, 7) is 8.04. The average molecular weight is 213 g/mol. The molecule has 0 aromatic rings. The molecule has 0 spiro atoms. The highest BCUT2D eigenvalue weighted by Crippen LogP contribution is 2.06. The van der Waals surface area contributed by atoms with Gasteiger partial charge in [0.15, 0.2) is 0 Å². The van der Waals surface area contributed by atoms with Crippen molar-refractivity contribution in [3.8, 4) is 0 Å². The maximum Gasteiger partial charge on any atom is 0.317 e. The highest BCUT2D eigenvalue weighted by molar-refractivity contribution is 5.76. The summed E-state index contributed by atoms with van der Waals surface area (Å²) in [6.07, 6.45) is 3.51. The van der Waals surface area contributed by atoms with Crippen LogP contribution >= 0.6 is 0 Å². The molecule has 0 bridgehead atoms. The number of amides is 2. The van der Waals surface area contributed by atoms with Crippen LogP contribution in [-0.2, 0) is 0 Å². The van der Waals surface area contributed by atoms with Gasteiger partial charge in [-0.3, -0.25) is 0 Å². The Morgan fingerprint density at radius 2 is 2.20 bits per heavy atom. The van der Waals surface area contributed by atoms with E-state index in [1.807, 2.05) is 4.90 Å². The second-order valence-electron chi connectivity index (χ2n) is 4.19. The van der Waals surface area contributed by atoms with E-state index >= 15 is 0 Å². The van der Waals surface area contributed by atoms with Crippen LogP contribution in [0.1, 0.15) is 33.1 Å². The predicted molar refractivity (Wildman–Crippen MR) is 62.0 cm³/mol. The summed E-state index contributed by atoms with van der Waals surface area (Å²) in [7, 11) is 0. The molecule has 15 heavy (non-hydrogen) atoms. The molecule has 1 aliphatic rings. The Labute approximate surface area is 92.4 Å². The molecule has 1 heterocycles. The van der Waals surface area contributed by atoms with Gasteiger partial charge in [-0.1, -0.05) is 13.3 Å². The van der Waals surface area contributed by atoms with Crippen molar-refractivity contribution in [2.45, 2.75) is 39.2 Å². The predicted octanol–water partition coefficient (Wildman–Crippen LogP) is 1.18. The van der Waals surface area contributed by atoms with Crippen molar-refractivity contribution in [2.75, 3.05) is 26.2 Å². The molecule has 2 amide bonds. The number of hydrogen-bond donors (Lipinski definition) is 2. The number of hydrogen-bond acceptors (Lipinski definition) is 2. The number of nitrogens with one attached hydrogen (secondary N) is 2. The van der Waals surface area contributed by atoms with E-state index in [0.29, 0.717) is 6.04 Å². The molecule has 4 nitrogen and oxygen atoms in total. The second-order valence-corrected chi connectivity index (χ2v) is 4.19. The zero-order valence-electron chi connectivity index (χ0n) is 9.88. The largest absolute Gasteiger partial charge is 0.336 e. The summed E-state index contributed by atoms with van der Waals surface area (Å²) < 4.78 is 0. The van der Waals surface area contributed by atoms with Gasteiger partial charge in [-0.2, -0.15) is 0 Å². The highest BCUT2D eigenvalue weighted by atomic mass is 16.2. The minimum Gasteiger partial charge on any atom is -0.336 e. The van der Waals surface area contributed by atoms with E-state index in [9.17, 15) is 4.79 Å². The number of nitrogens with zero attached hydrogens (tertiary/aromatic N) is 1. The zero-order valence-corrected chi connectivity index (χ0v) is 9.88. The molecule has 0 aromatic heterocycles. The number of carbonyl (C=O) groups excluding carboxylic acids is 1. The molecule has 0 radical (unpaired) electrons. The van der Waals surface area contributed by atoms with Gasteiger partial charge in [0, 0.05) is 19.1 Å². The Hall–Kier alpha value is -0.770. The smallest absolute Gasteiger partial charge is 0.317 e. The van der Waals surface area contributed by atoms with Crippen molar-refractivity contribution in [3.05, 3.63) is 0 Å². The molecular weight excluding hydrogens is 190 g/mol. The van der Waals surface area contributed by atoms with Gasteiger partial charge < -0.3 is 15.5 Å². The fourth-order valence-electron chi connectivity index (χ4n) is 1.77. The van der Waals surface area contributed by atoms with Gasteiger partial charge in [0.05, 0.1) is 0 Å². The fraction of sp³-hybridized carbons (Fsp3) is 0.909. The molecule has 88 valence electrons. The lowest BCUT2D eigenvalue weighted by Crippen LogP contribution is -2.34. The van der Waals surface area contributed by atoms with Crippen LogP contribution in [-0.4, -0.2) is 43.2 Å². The molecule has 1 atom stereocenters. The zero-order chi connectivity index (χ0) is 11.1. The molecule has 4 heteroatoms.